The predicted molar refractivity (Wildman–Crippen MR) is 61.8 cm³/mol. The van der Waals surface area contributed by atoms with Crippen LogP contribution in [0.3, 0.4) is 0 Å². The molecule has 1 aromatic carbocycles. The van der Waals surface area contributed by atoms with Crippen LogP contribution in [0.1, 0.15) is 35.2 Å². The standard InChI is InChI=1S/C13H15NO3/c14-11-2-1-3-12(11)17-9-4-5-10-8(6-9)7-16-13(10)15/h4-6,11-12H,1-3,7,14H2/t11-,12?/m0/s1. The number of rotatable bonds is 2. The molecule has 2 atom stereocenters. The van der Waals surface area contributed by atoms with E-state index in [-0.39, 0.29) is 18.1 Å². The Balaban J connectivity index is 1.78. The molecule has 1 heterocycles. The van der Waals surface area contributed by atoms with Crippen molar-refractivity contribution in [3.63, 3.8) is 0 Å². The first-order chi connectivity index (χ1) is 8.24. The van der Waals surface area contributed by atoms with Crippen LogP contribution in [0.4, 0.5) is 0 Å². The Morgan fingerprint density at radius 3 is 3.00 bits per heavy atom. The van der Waals surface area contributed by atoms with Crippen LogP contribution in [-0.4, -0.2) is 18.1 Å². The summed E-state index contributed by atoms with van der Waals surface area (Å²) in [7, 11) is 0. The molecule has 0 saturated heterocycles. The second-order valence-electron chi connectivity index (χ2n) is 4.65. The van der Waals surface area contributed by atoms with E-state index >= 15 is 0 Å². The summed E-state index contributed by atoms with van der Waals surface area (Å²) in [6.45, 7) is 0.349. The number of ether oxygens (including phenoxy) is 2. The number of cyclic esters (lactones) is 1. The largest absolute Gasteiger partial charge is 0.489 e. The highest BCUT2D eigenvalue weighted by molar-refractivity contribution is 5.93. The Hall–Kier alpha value is -1.55. The molecule has 1 aromatic rings. The Bertz CT molecular complexity index is 458. The molecule has 0 radical (unpaired) electrons. The second kappa shape index (κ2) is 4.04. The summed E-state index contributed by atoms with van der Waals surface area (Å²) < 4.78 is 10.8. The van der Waals surface area contributed by atoms with Gasteiger partial charge in [-0.1, -0.05) is 0 Å². The van der Waals surface area contributed by atoms with E-state index in [0.717, 1.165) is 30.6 Å². The molecule has 2 aliphatic rings. The van der Waals surface area contributed by atoms with Gasteiger partial charge in [0, 0.05) is 11.6 Å². The Morgan fingerprint density at radius 1 is 1.35 bits per heavy atom. The van der Waals surface area contributed by atoms with Gasteiger partial charge in [-0.25, -0.2) is 4.79 Å². The van der Waals surface area contributed by atoms with Gasteiger partial charge in [0.25, 0.3) is 0 Å². The van der Waals surface area contributed by atoms with E-state index in [9.17, 15) is 4.79 Å². The van der Waals surface area contributed by atoms with Crippen LogP contribution in [0.25, 0.3) is 0 Å². The lowest BCUT2D eigenvalue weighted by atomic mass is 10.1. The molecule has 1 saturated carbocycles. The van der Waals surface area contributed by atoms with Crippen molar-refractivity contribution >= 4 is 5.97 Å². The van der Waals surface area contributed by atoms with Crippen molar-refractivity contribution in [2.75, 3.05) is 0 Å². The monoisotopic (exact) mass is 233 g/mol. The number of nitrogens with two attached hydrogens (primary N) is 1. The molecule has 17 heavy (non-hydrogen) atoms. The van der Waals surface area contributed by atoms with E-state index in [1.54, 1.807) is 6.07 Å². The zero-order valence-corrected chi connectivity index (χ0v) is 9.52. The number of hydrogen-bond donors (Lipinski definition) is 1. The molecule has 90 valence electrons. The third-order valence-corrected chi connectivity index (χ3v) is 3.45. The maximum atomic E-state index is 11.3. The molecule has 1 fully saturated rings. The first-order valence-electron chi connectivity index (χ1n) is 5.96. The molecule has 4 nitrogen and oxygen atoms in total. The smallest absolute Gasteiger partial charge is 0.338 e. The highest BCUT2D eigenvalue weighted by Crippen LogP contribution is 2.28. The van der Waals surface area contributed by atoms with Gasteiger partial charge in [-0.15, -0.1) is 0 Å². The number of carbonyl (C=O) groups excluding carboxylic acids is 1. The van der Waals surface area contributed by atoms with E-state index in [1.807, 2.05) is 12.1 Å². The van der Waals surface area contributed by atoms with Crippen molar-refractivity contribution in [2.24, 2.45) is 5.73 Å². The highest BCUT2D eigenvalue weighted by Gasteiger charge is 2.27. The van der Waals surface area contributed by atoms with Crippen molar-refractivity contribution in [1.29, 1.82) is 0 Å². The summed E-state index contributed by atoms with van der Waals surface area (Å²) in [5.74, 6) is 0.536. The Kier molecular flexibility index (Phi) is 2.52. The van der Waals surface area contributed by atoms with Gasteiger partial charge in [-0.2, -0.15) is 0 Å². The van der Waals surface area contributed by atoms with Crippen LogP contribution in [-0.2, 0) is 11.3 Å². The summed E-state index contributed by atoms with van der Waals surface area (Å²) >= 11 is 0. The highest BCUT2D eigenvalue weighted by atomic mass is 16.5. The SMILES string of the molecule is N[C@H]1CCCC1Oc1ccc2c(c1)COC2=O. The topological polar surface area (TPSA) is 61.6 Å². The van der Waals surface area contributed by atoms with Crippen LogP contribution in [0.2, 0.25) is 0 Å². The van der Waals surface area contributed by atoms with Gasteiger partial charge in [-0.05, 0) is 37.5 Å². The summed E-state index contributed by atoms with van der Waals surface area (Å²) in [6, 6.07) is 5.59. The number of esters is 1. The summed E-state index contributed by atoms with van der Waals surface area (Å²) in [5.41, 5.74) is 7.51. The molecule has 1 aliphatic heterocycles. The van der Waals surface area contributed by atoms with Gasteiger partial charge in [0.15, 0.2) is 0 Å². The van der Waals surface area contributed by atoms with Gasteiger partial charge in [0.1, 0.15) is 18.5 Å². The molecule has 2 N–H and O–H groups in total. The molecule has 0 bridgehead atoms. The molecule has 0 spiro atoms. The van der Waals surface area contributed by atoms with Crippen LogP contribution in [0, 0.1) is 0 Å². The minimum absolute atomic E-state index is 0.103. The van der Waals surface area contributed by atoms with Crippen LogP contribution in [0.5, 0.6) is 5.75 Å². The van der Waals surface area contributed by atoms with Gasteiger partial charge in [0.05, 0.1) is 5.56 Å². The van der Waals surface area contributed by atoms with Crippen molar-refractivity contribution in [1.82, 2.24) is 0 Å². The fraction of sp³-hybridized carbons (Fsp3) is 0.462. The maximum Gasteiger partial charge on any atom is 0.338 e. The van der Waals surface area contributed by atoms with Crippen LogP contribution in [0.15, 0.2) is 18.2 Å². The van der Waals surface area contributed by atoms with E-state index in [1.165, 1.54) is 0 Å². The summed E-state index contributed by atoms with van der Waals surface area (Å²) in [4.78, 5) is 11.3. The number of hydrogen-bond acceptors (Lipinski definition) is 4. The predicted octanol–water partition coefficient (Wildman–Crippen LogP) is 1.62. The van der Waals surface area contributed by atoms with Crippen molar-refractivity contribution in [3.05, 3.63) is 29.3 Å². The van der Waals surface area contributed by atoms with Gasteiger partial charge in [-0.3, -0.25) is 0 Å². The third-order valence-electron chi connectivity index (χ3n) is 3.45. The Morgan fingerprint density at radius 2 is 2.24 bits per heavy atom. The molecule has 4 heteroatoms. The lowest BCUT2D eigenvalue weighted by Crippen LogP contribution is -2.33. The Labute approximate surface area is 99.7 Å². The molecule has 1 aliphatic carbocycles. The molecule has 0 aromatic heterocycles. The average molecular weight is 233 g/mol. The summed E-state index contributed by atoms with van der Waals surface area (Å²) in [6.07, 6.45) is 3.26. The zero-order valence-electron chi connectivity index (χ0n) is 9.52. The van der Waals surface area contributed by atoms with Gasteiger partial charge >= 0.3 is 5.97 Å². The fourth-order valence-electron chi connectivity index (χ4n) is 2.46. The number of benzene rings is 1. The average Bonchev–Trinajstić information content (AvgIpc) is 2.87. The normalized spacial score (nSPS) is 26.8. The van der Waals surface area contributed by atoms with Crippen LogP contribution < -0.4 is 10.5 Å². The fourth-order valence-corrected chi connectivity index (χ4v) is 2.46. The minimum Gasteiger partial charge on any atom is -0.489 e. The molecule has 1 unspecified atom stereocenters. The zero-order chi connectivity index (χ0) is 11.8. The van der Waals surface area contributed by atoms with E-state index in [2.05, 4.69) is 0 Å². The van der Waals surface area contributed by atoms with Crippen molar-refractivity contribution in [3.8, 4) is 5.75 Å². The van der Waals surface area contributed by atoms with E-state index in [4.69, 9.17) is 15.2 Å². The lowest BCUT2D eigenvalue weighted by molar-refractivity contribution is 0.0535. The number of fused-ring (bicyclic) bond motifs is 1. The first kappa shape index (κ1) is 10.6. The number of carbonyl (C=O) groups is 1. The lowest BCUT2D eigenvalue weighted by Gasteiger charge is -2.18. The second-order valence-corrected chi connectivity index (χ2v) is 4.65. The maximum absolute atomic E-state index is 11.3. The van der Waals surface area contributed by atoms with Crippen molar-refractivity contribution in [2.45, 2.75) is 38.0 Å². The first-order valence-corrected chi connectivity index (χ1v) is 5.96. The minimum atomic E-state index is -0.246. The van der Waals surface area contributed by atoms with Gasteiger partial charge in [0.2, 0.25) is 0 Å². The van der Waals surface area contributed by atoms with Crippen molar-refractivity contribution < 1.29 is 14.3 Å². The molecular weight excluding hydrogens is 218 g/mol. The van der Waals surface area contributed by atoms with E-state index in [0.29, 0.717) is 12.2 Å². The van der Waals surface area contributed by atoms with E-state index < -0.39 is 0 Å². The van der Waals surface area contributed by atoms with Gasteiger partial charge < -0.3 is 15.2 Å². The third kappa shape index (κ3) is 1.89. The summed E-state index contributed by atoms with van der Waals surface area (Å²) in [5, 5.41) is 0. The molecule has 3 rings (SSSR count). The molecule has 0 amide bonds. The molecular formula is C13H15NO3. The van der Waals surface area contributed by atoms with Crippen LogP contribution >= 0.6 is 0 Å². The quantitative estimate of drug-likeness (QED) is 0.788.